The molecule has 0 unspecified atom stereocenters. The van der Waals surface area contributed by atoms with Crippen LogP contribution in [-0.4, -0.2) is 0 Å². The van der Waals surface area contributed by atoms with Gasteiger partial charge < -0.3 is 0 Å². The summed E-state index contributed by atoms with van der Waals surface area (Å²) in [6.07, 6.45) is 3.38. The van der Waals surface area contributed by atoms with E-state index in [9.17, 15) is 13.2 Å². The van der Waals surface area contributed by atoms with E-state index in [2.05, 4.69) is 6.92 Å². The maximum Gasteiger partial charge on any atom is 0.164 e. The van der Waals surface area contributed by atoms with Gasteiger partial charge in [0.05, 0.1) is 0 Å². The smallest absolute Gasteiger partial charge is 0.164 e. The molecule has 0 atom stereocenters. The first-order valence-electron chi connectivity index (χ1n) is 8.50. The summed E-state index contributed by atoms with van der Waals surface area (Å²) in [5.74, 6) is -2.72. The molecule has 0 amide bonds. The van der Waals surface area contributed by atoms with Crippen LogP contribution in [0, 0.1) is 5.82 Å². The first kappa shape index (κ1) is 18.3. The third-order valence-electron chi connectivity index (χ3n) is 4.02. The van der Waals surface area contributed by atoms with Crippen LogP contribution in [0.25, 0.3) is 17.0 Å². The van der Waals surface area contributed by atoms with Gasteiger partial charge in [-0.1, -0.05) is 57.0 Å². The second-order valence-corrected chi connectivity index (χ2v) is 5.96. The lowest BCUT2D eigenvalue weighted by Gasteiger charge is -2.07. The van der Waals surface area contributed by atoms with E-state index in [1.807, 2.05) is 31.2 Å². The van der Waals surface area contributed by atoms with Crippen LogP contribution in [-0.2, 0) is 6.42 Å². The van der Waals surface area contributed by atoms with Gasteiger partial charge in [-0.15, -0.1) is 0 Å². The Balaban J connectivity index is 2.26. The number of hydrogen-bond donors (Lipinski definition) is 0. The molecule has 0 saturated carbocycles. The zero-order valence-electron chi connectivity index (χ0n) is 14.2. The van der Waals surface area contributed by atoms with Gasteiger partial charge in [-0.05, 0) is 41.7 Å². The monoisotopic (exact) mass is 332 g/mol. The van der Waals surface area contributed by atoms with Crippen molar-refractivity contribution in [1.29, 1.82) is 0 Å². The molecule has 0 radical (unpaired) electrons. The Morgan fingerprint density at radius 3 is 2.12 bits per heavy atom. The Morgan fingerprint density at radius 1 is 0.875 bits per heavy atom. The van der Waals surface area contributed by atoms with Crippen molar-refractivity contribution in [3.8, 4) is 11.1 Å². The van der Waals surface area contributed by atoms with E-state index in [1.54, 1.807) is 6.07 Å². The molecule has 0 aliphatic rings. The molecule has 2 rings (SSSR count). The van der Waals surface area contributed by atoms with E-state index in [-0.39, 0.29) is 12.0 Å². The molecule has 0 spiro atoms. The van der Waals surface area contributed by atoms with Gasteiger partial charge in [-0.2, -0.15) is 0 Å². The molecule has 2 aromatic carbocycles. The van der Waals surface area contributed by atoms with Gasteiger partial charge in [-0.3, -0.25) is 0 Å². The van der Waals surface area contributed by atoms with Gasteiger partial charge >= 0.3 is 0 Å². The van der Waals surface area contributed by atoms with Crippen molar-refractivity contribution in [2.75, 3.05) is 0 Å². The van der Waals surface area contributed by atoms with Gasteiger partial charge in [0.1, 0.15) is 11.6 Å². The van der Waals surface area contributed by atoms with Gasteiger partial charge in [0.2, 0.25) is 0 Å². The van der Waals surface area contributed by atoms with Gasteiger partial charge in [0.15, 0.2) is 5.83 Å². The number of aryl methyl sites for hydroxylation is 1. The summed E-state index contributed by atoms with van der Waals surface area (Å²) in [6.45, 7) is 4.01. The van der Waals surface area contributed by atoms with Crippen LogP contribution >= 0.6 is 0 Å². The SMILES string of the molecule is CCCCC(F)=C(F)c1ccc(-c2ccc(CCC)cc2)cc1F. The van der Waals surface area contributed by atoms with E-state index in [4.69, 9.17) is 0 Å². The van der Waals surface area contributed by atoms with Crippen molar-refractivity contribution >= 4 is 5.83 Å². The van der Waals surface area contributed by atoms with Crippen molar-refractivity contribution < 1.29 is 13.2 Å². The molecule has 24 heavy (non-hydrogen) atoms. The summed E-state index contributed by atoms with van der Waals surface area (Å²) in [6, 6.07) is 12.1. The minimum Gasteiger partial charge on any atom is -0.209 e. The van der Waals surface area contributed by atoms with Crippen molar-refractivity contribution in [3.05, 3.63) is 65.2 Å². The Hall–Kier alpha value is -2.03. The first-order valence-corrected chi connectivity index (χ1v) is 8.50. The maximum atomic E-state index is 14.2. The third-order valence-corrected chi connectivity index (χ3v) is 4.02. The fourth-order valence-corrected chi connectivity index (χ4v) is 2.61. The van der Waals surface area contributed by atoms with Gasteiger partial charge in [-0.25, -0.2) is 13.2 Å². The Bertz CT molecular complexity index is 700. The molecule has 0 aliphatic carbocycles. The molecule has 0 aliphatic heterocycles. The highest BCUT2D eigenvalue weighted by molar-refractivity contribution is 5.69. The summed E-state index contributed by atoms with van der Waals surface area (Å²) in [5.41, 5.74) is 2.43. The van der Waals surface area contributed by atoms with Crippen molar-refractivity contribution in [3.63, 3.8) is 0 Å². The summed E-state index contributed by atoms with van der Waals surface area (Å²) in [7, 11) is 0. The second-order valence-electron chi connectivity index (χ2n) is 5.96. The van der Waals surface area contributed by atoms with Crippen molar-refractivity contribution in [2.24, 2.45) is 0 Å². The van der Waals surface area contributed by atoms with Gasteiger partial charge in [0.25, 0.3) is 0 Å². The van der Waals surface area contributed by atoms with E-state index >= 15 is 0 Å². The highest BCUT2D eigenvalue weighted by Gasteiger charge is 2.14. The number of halogens is 3. The molecule has 0 saturated heterocycles. The number of rotatable bonds is 7. The van der Waals surface area contributed by atoms with Gasteiger partial charge in [0, 0.05) is 12.0 Å². The molecule has 0 aromatic heterocycles. The molecule has 0 bridgehead atoms. The van der Waals surface area contributed by atoms with Crippen LogP contribution < -0.4 is 0 Å². The average Bonchev–Trinajstić information content (AvgIpc) is 2.60. The number of unbranched alkanes of at least 4 members (excludes halogenated alkanes) is 1. The lowest BCUT2D eigenvalue weighted by Crippen LogP contribution is -1.91. The van der Waals surface area contributed by atoms with Crippen LogP contribution in [0.1, 0.15) is 50.7 Å². The van der Waals surface area contributed by atoms with Crippen molar-refractivity contribution in [1.82, 2.24) is 0 Å². The molecule has 0 fully saturated rings. The highest BCUT2D eigenvalue weighted by Crippen LogP contribution is 2.30. The minimum absolute atomic E-state index is 0.00240. The average molecular weight is 332 g/mol. The lowest BCUT2D eigenvalue weighted by atomic mass is 10.00. The Morgan fingerprint density at radius 2 is 1.54 bits per heavy atom. The maximum absolute atomic E-state index is 14.2. The quantitative estimate of drug-likeness (QED) is 0.501. The molecule has 3 heteroatoms. The number of hydrogen-bond acceptors (Lipinski definition) is 0. The van der Waals surface area contributed by atoms with E-state index < -0.39 is 17.5 Å². The second kappa shape index (κ2) is 8.72. The van der Waals surface area contributed by atoms with E-state index in [1.165, 1.54) is 17.7 Å². The zero-order chi connectivity index (χ0) is 17.5. The minimum atomic E-state index is -1.09. The number of benzene rings is 2. The van der Waals surface area contributed by atoms with Crippen LogP contribution in [0.2, 0.25) is 0 Å². The normalized spacial score (nSPS) is 12.2. The molecule has 0 nitrogen and oxygen atoms in total. The van der Waals surface area contributed by atoms with E-state index in [0.717, 1.165) is 24.8 Å². The molecule has 2 aromatic rings. The van der Waals surface area contributed by atoms with E-state index in [0.29, 0.717) is 12.0 Å². The van der Waals surface area contributed by atoms with Crippen molar-refractivity contribution in [2.45, 2.75) is 46.0 Å². The third kappa shape index (κ3) is 4.50. The van der Waals surface area contributed by atoms with Crippen LogP contribution in [0.15, 0.2) is 48.3 Å². The number of allylic oxidation sites excluding steroid dienone is 1. The zero-order valence-corrected chi connectivity index (χ0v) is 14.2. The predicted octanol–water partition coefficient (Wildman–Crippen LogP) is 7.24. The van der Waals surface area contributed by atoms with Crippen LogP contribution in [0.3, 0.4) is 0 Å². The fraction of sp³-hybridized carbons (Fsp3) is 0.333. The Labute approximate surface area is 142 Å². The summed E-state index contributed by atoms with van der Waals surface area (Å²) in [5, 5.41) is 0. The first-order chi connectivity index (χ1) is 11.6. The fourth-order valence-electron chi connectivity index (χ4n) is 2.61. The highest BCUT2D eigenvalue weighted by atomic mass is 19.2. The molecule has 0 N–H and O–H groups in total. The van der Waals surface area contributed by atoms with Crippen LogP contribution in [0.5, 0.6) is 0 Å². The molecule has 0 heterocycles. The van der Waals surface area contributed by atoms with Crippen LogP contribution in [0.4, 0.5) is 13.2 Å². The molecular weight excluding hydrogens is 309 g/mol. The molecular formula is C21H23F3. The largest absolute Gasteiger partial charge is 0.209 e. The summed E-state index contributed by atoms with van der Waals surface area (Å²) in [4.78, 5) is 0. The Kier molecular flexibility index (Phi) is 6.65. The topological polar surface area (TPSA) is 0 Å². The standard InChI is InChI=1S/C21H23F3/c1-3-5-7-19(22)21(24)18-13-12-17(14-20(18)23)16-10-8-15(6-4-2)9-11-16/h8-14H,3-7H2,1-2H3. The summed E-state index contributed by atoms with van der Waals surface area (Å²) >= 11 is 0. The predicted molar refractivity (Wildman–Crippen MR) is 94.5 cm³/mol. The lowest BCUT2D eigenvalue weighted by molar-refractivity contribution is 0.542. The summed E-state index contributed by atoms with van der Waals surface area (Å²) < 4.78 is 42.0. The molecule has 128 valence electrons.